The lowest BCUT2D eigenvalue weighted by molar-refractivity contribution is -0.126. The van der Waals surface area contributed by atoms with Crippen LogP contribution in [0.2, 0.25) is 0 Å². The molecule has 2 aliphatic heterocycles. The van der Waals surface area contributed by atoms with E-state index in [9.17, 15) is 18.8 Å². The van der Waals surface area contributed by atoms with Gasteiger partial charge in [-0.05, 0) is 17.7 Å². The fraction of sp³-hybridized carbons (Fsp3) is 0.150. The molecule has 7 heteroatoms. The number of hydrogen-bond acceptors (Lipinski definition) is 4. The van der Waals surface area contributed by atoms with Crippen molar-refractivity contribution < 1.29 is 18.8 Å². The number of benzene rings is 2. The maximum absolute atomic E-state index is 13.4. The van der Waals surface area contributed by atoms with Gasteiger partial charge >= 0.3 is 6.03 Å². The summed E-state index contributed by atoms with van der Waals surface area (Å²) < 4.78 is 13.4. The van der Waals surface area contributed by atoms with Crippen LogP contribution in [0.1, 0.15) is 27.4 Å². The number of halogens is 1. The normalized spacial score (nSPS) is 25.8. The maximum Gasteiger partial charge on any atom is 0.323 e. The van der Waals surface area contributed by atoms with Crippen molar-refractivity contribution in [2.45, 2.75) is 12.1 Å². The standard InChI is InChI=1S/C20H14FN3O3/c21-10-7-5-9(6-8-10)13-14-16(11-3-1-2-4-12(11)17(14)25)22-18-15(13)19(26)24-20(27)23-18/h1-8,13,15,18,22H,(H2,23,24,26,27). The van der Waals surface area contributed by atoms with Crippen molar-refractivity contribution in [2.24, 2.45) is 5.92 Å². The summed E-state index contributed by atoms with van der Waals surface area (Å²) in [5.41, 5.74) is 3.01. The van der Waals surface area contributed by atoms with Gasteiger partial charge in [-0.15, -0.1) is 0 Å². The van der Waals surface area contributed by atoms with E-state index in [1.54, 1.807) is 24.3 Å². The Bertz CT molecular complexity index is 1040. The van der Waals surface area contributed by atoms with Crippen molar-refractivity contribution in [3.63, 3.8) is 0 Å². The van der Waals surface area contributed by atoms with Gasteiger partial charge in [0.1, 0.15) is 12.0 Å². The number of allylic oxidation sites excluding steroid dienone is 1. The third-order valence-electron chi connectivity index (χ3n) is 5.34. The largest absolute Gasteiger partial charge is 0.364 e. The molecular weight excluding hydrogens is 349 g/mol. The topological polar surface area (TPSA) is 87.3 Å². The average Bonchev–Trinajstić information content (AvgIpc) is 2.93. The zero-order valence-corrected chi connectivity index (χ0v) is 14.0. The first-order valence-electron chi connectivity index (χ1n) is 8.56. The van der Waals surface area contributed by atoms with Crippen molar-refractivity contribution in [3.8, 4) is 0 Å². The number of nitrogens with one attached hydrogen (secondary N) is 3. The van der Waals surface area contributed by atoms with E-state index in [4.69, 9.17) is 0 Å². The van der Waals surface area contributed by atoms with Gasteiger partial charge in [0, 0.05) is 22.6 Å². The molecule has 1 aliphatic carbocycles. The van der Waals surface area contributed by atoms with E-state index in [0.717, 1.165) is 5.56 Å². The molecule has 6 nitrogen and oxygen atoms in total. The Morgan fingerprint density at radius 1 is 0.852 bits per heavy atom. The van der Waals surface area contributed by atoms with Gasteiger partial charge in [-0.3, -0.25) is 14.9 Å². The van der Waals surface area contributed by atoms with Crippen LogP contribution in [-0.4, -0.2) is 23.9 Å². The summed E-state index contributed by atoms with van der Waals surface area (Å²) in [5, 5.41) is 8.15. The SMILES string of the molecule is O=C1NC(=O)C2C(N1)NC1=C(C(=O)c3ccccc31)C2c1ccc(F)cc1. The van der Waals surface area contributed by atoms with Crippen LogP contribution in [0, 0.1) is 11.7 Å². The van der Waals surface area contributed by atoms with E-state index < -0.39 is 35.8 Å². The second-order valence-corrected chi connectivity index (χ2v) is 6.80. The molecule has 3 unspecified atom stereocenters. The van der Waals surface area contributed by atoms with Gasteiger partial charge in [-0.2, -0.15) is 0 Å². The number of ketones is 1. The molecule has 3 N–H and O–H groups in total. The van der Waals surface area contributed by atoms with Crippen molar-refractivity contribution in [1.29, 1.82) is 0 Å². The third-order valence-corrected chi connectivity index (χ3v) is 5.34. The molecule has 2 aromatic carbocycles. The number of imide groups is 1. The van der Waals surface area contributed by atoms with E-state index in [2.05, 4.69) is 16.0 Å². The molecule has 1 fully saturated rings. The molecule has 3 aliphatic rings. The molecule has 0 spiro atoms. The molecule has 0 bridgehead atoms. The van der Waals surface area contributed by atoms with Crippen LogP contribution in [0.15, 0.2) is 54.1 Å². The van der Waals surface area contributed by atoms with Crippen LogP contribution in [0.5, 0.6) is 0 Å². The molecule has 1 saturated heterocycles. The number of carbonyl (C=O) groups excluding carboxylic acids is 3. The second kappa shape index (κ2) is 5.51. The number of carbonyl (C=O) groups is 3. The quantitative estimate of drug-likeness (QED) is 0.722. The Balaban J connectivity index is 1.73. The lowest BCUT2D eigenvalue weighted by Gasteiger charge is -2.41. The molecular formula is C20H14FN3O3. The number of rotatable bonds is 1. The minimum Gasteiger partial charge on any atom is -0.364 e. The summed E-state index contributed by atoms with van der Waals surface area (Å²) >= 11 is 0. The van der Waals surface area contributed by atoms with Gasteiger partial charge in [0.25, 0.3) is 0 Å². The molecule has 3 atom stereocenters. The van der Waals surface area contributed by atoms with Gasteiger partial charge < -0.3 is 10.6 Å². The monoisotopic (exact) mass is 363 g/mol. The van der Waals surface area contributed by atoms with Crippen molar-refractivity contribution in [3.05, 3.63) is 76.6 Å². The Morgan fingerprint density at radius 3 is 2.30 bits per heavy atom. The molecule has 2 heterocycles. The highest BCUT2D eigenvalue weighted by Gasteiger charge is 2.51. The number of amides is 3. The van der Waals surface area contributed by atoms with Crippen LogP contribution in [0.25, 0.3) is 5.70 Å². The highest BCUT2D eigenvalue weighted by atomic mass is 19.1. The number of fused-ring (bicyclic) bond motifs is 3. The molecule has 0 aromatic heterocycles. The van der Waals surface area contributed by atoms with Crippen LogP contribution >= 0.6 is 0 Å². The van der Waals surface area contributed by atoms with E-state index in [-0.39, 0.29) is 5.78 Å². The lowest BCUT2D eigenvalue weighted by atomic mass is 9.74. The average molecular weight is 363 g/mol. The van der Waals surface area contributed by atoms with Crippen LogP contribution in [0.3, 0.4) is 0 Å². The Kier molecular flexibility index (Phi) is 3.21. The second-order valence-electron chi connectivity index (χ2n) is 6.80. The van der Waals surface area contributed by atoms with Crippen LogP contribution < -0.4 is 16.0 Å². The molecule has 3 amide bonds. The zero-order chi connectivity index (χ0) is 18.7. The molecule has 2 aromatic rings. The summed E-state index contributed by atoms with van der Waals surface area (Å²) in [6.45, 7) is 0. The Hall–Kier alpha value is -3.48. The lowest BCUT2D eigenvalue weighted by Crippen LogP contribution is -2.65. The highest BCUT2D eigenvalue weighted by molar-refractivity contribution is 6.22. The van der Waals surface area contributed by atoms with Crippen LogP contribution in [-0.2, 0) is 4.79 Å². The summed E-state index contributed by atoms with van der Waals surface area (Å²) in [7, 11) is 0. The Labute approximate surface area is 153 Å². The summed E-state index contributed by atoms with van der Waals surface area (Å²) in [6, 6.07) is 12.3. The molecule has 27 heavy (non-hydrogen) atoms. The van der Waals surface area contributed by atoms with Gasteiger partial charge in [0.15, 0.2) is 5.78 Å². The minimum atomic E-state index is -0.731. The van der Waals surface area contributed by atoms with Gasteiger partial charge in [0.05, 0.1) is 11.6 Å². The smallest absolute Gasteiger partial charge is 0.323 e. The third kappa shape index (κ3) is 2.21. The summed E-state index contributed by atoms with van der Waals surface area (Å²) in [4.78, 5) is 37.6. The maximum atomic E-state index is 13.4. The molecule has 0 radical (unpaired) electrons. The molecule has 134 valence electrons. The van der Waals surface area contributed by atoms with Gasteiger partial charge in [-0.25, -0.2) is 9.18 Å². The first-order valence-corrected chi connectivity index (χ1v) is 8.56. The van der Waals surface area contributed by atoms with Gasteiger partial charge in [-0.1, -0.05) is 36.4 Å². The first kappa shape index (κ1) is 15.7. The van der Waals surface area contributed by atoms with E-state index in [0.29, 0.717) is 22.4 Å². The zero-order valence-electron chi connectivity index (χ0n) is 14.0. The predicted molar refractivity (Wildman–Crippen MR) is 93.9 cm³/mol. The van der Waals surface area contributed by atoms with E-state index >= 15 is 0 Å². The number of Topliss-reactive ketones (excluding diaryl/α,β-unsaturated/α-hetero) is 1. The fourth-order valence-corrected chi connectivity index (χ4v) is 4.22. The highest BCUT2D eigenvalue weighted by Crippen LogP contribution is 2.47. The number of hydrogen-bond donors (Lipinski definition) is 3. The van der Waals surface area contributed by atoms with Crippen molar-refractivity contribution in [1.82, 2.24) is 16.0 Å². The number of urea groups is 1. The summed E-state index contributed by atoms with van der Waals surface area (Å²) in [6.07, 6.45) is -0.668. The summed E-state index contributed by atoms with van der Waals surface area (Å²) in [5.74, 6) is -2.37. The van der Waals surface area contributed by atoms with E-state index in [1.165, 1.54) is 12.1 Å². The first-order chi connectivity index (χ1) is 13.0. The van der Waals surface area contributed by atoms with Crippen molar-refractivity contribution >= 4 is 23.4 Å². The van der Waals surface area contributed by atoms with Crippen molar-refractivity contribution in [2.75, 3.05) is 0 Å². The molecule has 5 rings (SSSR count). The van der Waals surface area contributed by atoms with Crippen LogP contribution in [0.4, 0.5) is 9.18 Å². The molecule has 0 saturated carbocycles. The predicted octanol–water partition coefficient (Wildman–Crippen LogP) is 1.90. The van der Waals surface area contributed by atoms with Gasteiger partial charge in [0.2, 0.25) is 5.91 Å². The fourth-order valence-electron chi connectivity index (χ4n) is 4.22. The van der Waals surface area contributed by atoms with E-state index in [1.807, 2.05) is 12.1 Å². The minimum absolute atomic E-state index is 0.162. The Morgan fingerprint density at radius 2 is 1.56 bits per heavy atom.